The second-order valence-electron chi connectivity index (χ2n) is 7.55. The summed E-state index contributed by atoms with van der Waals surface area (Å²) in [6.45, 7) is 2.63. The number of anilines is 1. The van der Waals surface area contributed by atoms with Crippen molar-refractivity contribution in [3.8, 4) is 0 Å². The van der Waals surface area contributed by atoms with E-state index in [-0.39, 0.29) is 10.8 Å². The Balaban J connectivity index is 1.65. The first kappa shape index (κ1) is 20.4. The second-order valence-corrected chi connectivity index (χ2v) is 9.52. The van der Waals surface area contributed by atoms with E-state index >= 15 is 0 Å². The van der Waals surface area contributed by atoms with Gasteiger partial charge in [0.15, 0.2) is 0 Å². The molecular formula is C22H28N2O3S. The van der Waals surface area contributed by atoms with Gasteiger partial charge in [-0.05, 0) is 62.1 Å². The van der Waals surface area contributed by atoms with Crippen LogP contribution in [0.1, 0.15) is 48.0 Å². The molecule has 2 aromatic carbocycles. The molecule has 1 N–H and O–H groups in total. The molecule has 6 heteroatoms. The van der Waals surface area contributed by atoms with E-state index in [4.69, 9.17) is 0 Å². The highest BCUT2D eigenvalue weighted by Gasteiger charge is 2.21. The maximum absolute atomic E-state index is 12.8. The number of benzene rings is 2. The first-order chi connectivity index (χ1) is 13.4. The maximum Gasteiger partial charge on any atom is 0.264 e. The van der Waals surface area contributed by atoms with E-state index in [9.17, 15) is 13.2 Å². The van der Waals surface area contributed by atoms with Gasteiger partial charge in [0, 0.05) is 19.2 Å². The predicted octanol–water partition coefficient (Wildman–Crippen LogP) is 4.13. The minimum Gasteiger partial charge on any atom is -0.352 e. The quantitative estimate of drug-likeness (QED) is 0.793. The molecule has 0 spiro atoms. The van der Waals surface area contributed by atoms with Crippen molar-refractivity contribution in [3.63, 3.8) is 0 Å². The van der Waals surface area contributed by atoms with Gasteiger partial charge in [-0.3, -0.25) is 9.10 Å². The number of rotatable bonds is 6. The summed E-state index contributed by atoms with van der Waals surface area (Å²) >= 11 is 0. The number of amides is 1. The second kappa shape index (κ2) is 8.78. The smallest absolute Gasteiger partial charge is 0.264 e. The molecule has 1 aliphatic carbocycles. The summed E-state index contributed by atoms with van der Waals surface area (Å²) in [5, 5.41) is 3.01. The normalized spacial score (nSPS) is 15.2. The molecule has 1 fully saturated rings. The van der Waals surface area contributed by atoms with Gasteiger partial charge < -0.3 is 5.32 Å². The SMILES string of the molecule is Cc1ccc(S(=O)(=O)N(C)c2ccc(C(=O)NCC3CCCCC3)cc2)cc1. The van der Waals surface area contributed by atoms with Gasteiger partial charge in [-0.2, -0.15) is 0 Å². The largest absolute Gasteiger partial charge is 0.352 e. The summed E-state index contributed by atoms with van der Waals surface area (Å²) in [5.41, 5.74) is 2.07. The van der Waals surface area contributed by atoms with Crippen LogP contribution < -0.4 is 9.62 Å². The molecule has 1 aliphatic rings. The van der Waals surface area contributed by atoms with Gasteiger partial charge in [-0.15, -0.1) is 0 Å². The van der Waals surface area contributed by atoms with Crippen LogP contribution in [0.4, 0.5) is 5.69 Å². The average Bonchev–Trinajstić information content (AvgIpc) is 2.72. The molecule has 5 nitrogen and oxygen atoms in total. The number of carbonyl (C=O) groups excluding carboxylic acids is 1. The van der Waals surface area contributed by atoms with Gasteiger partial charge in [0.05, 0.1) is 10.6 Å². The molecule has 1 amide bonds. The lowest BCUT2D eigenvalue weighted by Crippen LogP contribution is -2.30. The van der Waals surface area contributed by atoms with E-state index < -0.39 is 10.0 Å². The van der Waals surface area contributed by atoms with E-state index in [1.54, 1.807) is 48.5 Å². The van der Waals surface area contributed by atoms with Gasteiger partial charge in [0.1, 0.15) is 0 Å². The Morgan fingerprint density at radius 1 is 1.00 bits per heavy atom. The molecule has 28 heavy (non-hydrogen) atoms. The zero-order valence-electron chi connectivity index (χ0n) is 16.5. The van der Waals surface area contributed by atoms with E-state index in [1.165, 1.54) is 43.5 Å². The molecule has 0 bridgehead atoms. The molecule has 3 rings (SSSR count). The van der Waals surface area contributed by atoms with Crippen LogP contribution in [0.3, 0.4) is 0 Å². The molecule has 2 aromatic rings. The van der Waals surface area contributed by atoms with E-state index in [1.807, 2.05) is 6.92 Å². The number of hydrogen-bond acceptors (Lipinski definition) is 3. The lowest BCUT2D eigenvalue weighted by Gasteiger charge is -2.22. The Hall–Kier alpha value is -2.34. The first-order valence-electron chi connectivity index (χ1n) is 9.82. The van der Waals surface area contributed by atoms with E-state index in [0.717, 1.165) is 5.56 Å². The number of nitrogens with zero attached hydrogens (tertiary/aromatic N) is 1. The highest BCUT2D eigenvalue weighted by atomic mass is 32.2. The molecule has 1 saturated carbocycles. The fourth-order valence-electron chi connectivity index (χ4n) is 3.56. The predicted molar refractivity (Wildman–Crippen MR) is 112 cm³/mol. The molecule has 150 valence electrons. The van der Waals surface area contributed by atoms with Crippen LogP contribution in [0.15, 0.2) is 53.4 Å². The molecule has 0 aromatic heterocycles. The number of hydrogen-bond donors (Lipinski definition) is 1. The number of carbonyl (C=O) groups is 1. The molecule has 0 radical (unpaired) electrons. The molecule has 0 heterocycles. The average molecular weight is 401 g/mol. The zero-order valence-corrected chi connectivity index (χ0v) is 17.3. The van der Waals surface area contributed by atoms with Crippen molar-refractivity contribution >= 4 is 21.6 Å². The minimum atomic E-state index is -3.63. The highest BCUT2D eigenvalue weighted by molar-refractivity contribution is 7.92. The van der Waals surface area contributed by atoms with Crippen LogP contribution in [0.25, 0.3) is 0 Å². The van der Waals surface area contributed by atoms with Gasteiger partial charge in [-0.25, -0.2) is 8.42 Å². The van der Waals surface area contributed by atoms with Gasteiger partial charge in [0.25, 0.3) is 15.9 Å². The van der Waals surface area contributed by atoms with Crippen LogP contribution in [0, 0.1) is 12.8 Å². The molecule has 0 atom stereocenters. The third-order valence-electron chi connectivity index (χ3n) is 5.45. The highest BCUT2D eigenvalue weighted by Crippen LogP contribution is 2.24. The molecule has 0 aliphatic heterocycles. The zero-order chi connectivity index (χ0) is 20.1. The van der Waals surface area contributed by atoms with Crippen molar-refractivity contribution in [1.82, 2.24) is 5.32 Å². The monoisotopic (exact) mass is 400 g/mol. The fraction of sp³-hybridized carbons (Fsp3) is 0.409. The number of nitrogens with one attached hydrogen (secondary N) is 1. The van der Waals surface area contributed by atoms with Crippen LogP contribution in [-0.4, -0.2) is 27.9 Å². The summed E-state index contributed by atoms with van der Waals surface area (Å²) in [4.78, 5) is 12.6. The summed E-state index contributed by atoms with van der Waals surface area (Å²) in [6, 6.07) is 13.4. The van der Waals surface area contributed by atoms with E-state index in [0.29, 0.717) is 23.7 Å². The fourth-order valence-corrected chi connectivity index (χ4v) is 4.76. The topological polar surface area (TPSA) is 66.5 Å². The third-order valence-corrected chi connectivity index (χ3v) is 7.25. The standard InChI is InChI=1S/C22H28N2O3S/c1-17-8-14-21(15-9-17)28(26,27)24(2)20-12-10-19(11-13-20)22(25)23-16-18-6-4-3-5-7-18/h8-15,18H,3-7,16H2,1-2H3,(H,23,25). The molecular weight excluding hydrogens is 372 g/mol. The summed E-state index contributed by atoms with van der Waals surface area (Å²) in [5.74, 6) is 0.462. The van der Waals surface area contributed by atoms with E-state index in [2.05, 4.69) is 5.32 Å². The van der Waals surface area contributed by atoms with Gasteiger partial charge >= 0.3 is 0 Å². The minimum absolute atomic E-state index is 0.110. The van der Waals surface area contributed by atoms with Gasteiger partial charge in [-0.1, -0.05) is 37.0 Å². The van der Waals surface area contributed by atoms with Crippen molar-refractivity contribution < 1.29 is 13.2 Å². The van der Waals surface area contributed by atoms with Crippen molar-refractivity contribution in [1.29, 1.82) is 0 Å². The van der Waals surface area contributed by atoms with Crippen molar-refractivity contribution in [2.75, 3.05) is 17.9 Å². The lowest BCUT2D eigenvalue weighted by molar-refractivity contribution is 0.0943. The first-order valence-corrected chi connectivity index (χ1v) is 11.3. The Bertz CT molecular complexity index is 900. The van der Waals surface area contributed by atoms with Crippen LogP contribution in [-0.2, 0) is 10.0 Å². The number of aryl methyl sites for hydroxylation is 1. The van der Waals surface area contributed by atoms with Crippen LogP contribution >= 0.6 is 0 Å². The van der Waals surface area contributed by atoms with Crippen molar-refractivity contribution in [2.24, 2.45) is 5.92 Å². The van der Waals surface area contributed by atoms with Crippen LogP contribution in [0.5, 0.6) is 0 Å². The molecule has 0 saturated heterocycles. The Kier molecular flexibility index (Phi) is 6.39. The van der Waals surface area contributed by atoms with Gasteiger partial charge in [0.2, 0.25) is 0 Å². The Labute approximate surface area is 167 Å². The van der Waals surface area contributed by atoms with Crippen molar-refractivity contribution in [2.45, 2.75) is 43.9 Å². The maximum atomic E-state index is 12.8. The Morgan fingerprint density at radius 2 is 1.61 bits per heavy atom. The van der Waals surface area contributed by atoms with Crippen molar-refractivity contribution in [3.05, 3.63) is 59.7 Å². The Morgan fingerprint density at radius 3 is 2.21 bits per heavy atom. The number of sulfonamides is 1. The summed E-state index contributed by atoms with van der Waals surface area (Å²) in [6.07, 6.45) is 6.15. The third kappa shape index (κ3) is 4.73. The lowest BCUT2D eigenvalue weighted by atomic mass is 9.89. The molecule has 0 unspecified atom stereocenters. The van der Waals surface area contributed by atoms with Crippen LogP contribution in [0.2, 0.25) is 0 Å². The summed E-state index contributed by atoms with van der Waals surface area (Å²) in [7, 11) is -2.11. The summed E-state index contributed by atoms with van der Waals surface area (Å²) < 4.78 is 26.8.